The zero-order valence-corrected chi connectivity index (χ0v) is 25.9. The molecule has 0 radical (unpaired) electrons. The monoisotopic (exact) mass is 500 g/mol. The van der Waals surface area contributed by atoms with Gasteiger partial charge in [-0.25, -0.2) is 0 Å². The molecule has 3 nitrogen and oxygen atoms in total. The molecule has 0 N–H and O–H groups in total. The molecule has 3 heteroatoms. The minimum Gasteiger partial charge on any atom is -0.309 e. The number of hydrogen-bond acceptors (Lipinski definition) is 2. The van der Waals surface area contributed by atoms with E-state index in [1.807, 2.05) is 48.5 Å². The molecular formula is C33H60N2O. The summed E-state index contributed by atoms with van der Waals surface area (Å²) in [7, 11) is 0. The number of allylic oxidation sites excluding steroid dienone is 3. The Morgan fingerprint density at radius 2 is 1.58 bits per heavy atom. The normalized spacial score (nSPS) is 18.8. The van der Waals surface area contributed by atoms with Gasteiger partial charge in [0.25, 0.3) is 0 Å². The molecule has 1 fully saturated rings. The Kier molecular flexibility index (Phi) is 23.7. The molecule has 0 aliphatic carbocycles. The van der Waals surface area contributed by atoms with Crippen LogP contribution in [0.3, 0.4) is 0 Å². The van der Waals surface area contributed by atoms with Crippen LogP contribution in [0.15, 0.2) is 53.8 Å². The molecule has 2 heterocycles. The Morgan fingerprint density at radius 1 is 1.00 bits per heavy atom. The van der Waals surface area contributed by atoms with Gasteiger partial charge in [0.05, 0.1) is 0 Å². The van der Waals surface area contributed by atoms with E-state index in [0.29, 0.717) is 24.3 Å². The second-order valence-electron chi connectivity index (χ2n) is 8.74. The maximum atomic E-state index is 12.9. The molecule has 1 amide bonds. The lowest BCUT2D eigenvalue weighted by Gasteiger charge is -2.48. The fourth-order valence-electron chi connectivity index (χ4n) is 4.69. The number of piperidine rings is 1. The topological polar surface area (TPSA) is 23.6 Å². The number of benzene rings is 1. The Labute approximate surface area is 226 Å². The van der Waals surface area contributed by atoms with Gasteiger partial charge in [-0.05, 0) is 62.7 Å². The van der Waals surface area contributed by atoms with Crippen molar-refractivity contribution < 1.29 is 4.79 Å². The zero-order valence-electron chi connectivity index (χ0n) is 25.9. The molecule has 1 aromatic carbocycles. The van der Waals surface area contributed by atoms with Crippen molar-refractivity contribution >= 4 is 5.91 Å². The molecule has 2 atom stereocenters. The van der Waals surface area contributed by atoms with Gasteiger partial charge in [-0.15, -0.1) is 0 Å². The lowest BCUT2D eigenvalue weighted by molar-refractivity contribution is -0.134. The maximum Gasteiger partial charge on any atom is 0.227 e. The van der Waals surface area contributed by atoms with Crippen LogP contribution in [-0.2, 0) is 11.2 Å². The van der Waals surface area contributed by atoms with Crippen LogP contribution in [0.4, 0.5) is 0 Å². The lowest BCUT2D eigenvalue weighted by atomic mass is 9.81. The van der Waals surface area contributed by atoms with E-state index in [-0.39, 0.29) is 0 Å². The van der Waals surface area contributed by atoms with Gasteiger partial charge in [-0.3, -0.25) is 4.79 Å². The summed E-state index contributed by atoms with van der Waals surface area (Å²) in [4.78, 5) is 17.7. The van der Waals surface area contributed by atoms with Crippen molar-refractivity contribution in [2.24, 2.45) is 5.92 Å². The van der Waals surface area contributed by atoms with E-state index in [0.717, 1.165) is 51.0 Å². The first-order valence-corrected chi connectivity index (χ1v) is 15.0. The summed E-state index contributed by atoms with van der Waals surface area (Å²) in [5.74, 6) is 0.863. The predicted octanol–water partition coefficient (Wildman–Crippen LogP) is 9.30. The molecule has 2 aliphatic rings. The number of hydrogen-bond donors (Lipinski definition) is 0. The molecular weight excluding hydrogens is 440 g/mol. The highest BCUT2D eigenvalue weighted by Crippen LogP contribution is 2.37. The van der Waals surface area contributed by atoms with Crippen LogP contribution in [0.2, 0.25) is 0 Å². The van der Waals surface area contributed by atoms with Gasteiger partial charge in [-0.1, -0.05) is 105 Å². The lowest BCUT2D eigenvalue weighted by Crippen LogP contribution is -2.54. The first kappa shape index (κ1) is 36.3. The number of nitrogens with zero attached hydrogens (tertiary/aromatic N) is 2. The molecule has 0 spiro atoms. The molecule has 1 aromatic rings. The highest BCUT2D eigenvalue weighted by atomic mass is 16.2. The molecule has 3 rings (SSSR count). The van der Waals surface area contributed by atoms with Crippen molar-refractivity contribution in [2.45, 2.75) is 121 Å². The summed E-state index contributed by atoms with van der Waals surface area (Å²) in [5, 5.41) is 0. The van der Waals surface area contributed by atoms with Gasteiger partial charge in [0.15, 0.2) is 0 Å². The van der Waals surface area contributed by atoms with Gasteiger partial charge in [0, 0.05) is 37.8 Å². The van der Waals surface area contributed by atoms with Crippen molar-refractivity contribution in [1.29, 1.82) is 0 Å². The van der Waals surface area contributed by atoms with Crippen molar-refractivity contribution in [3.8, 4) is 0 Å². The smallest absolute Gasteiger partial charge is 0.227 e. The van der Waals surface area contributed by atoms with Gasteiger partial charge >= 0.3 is 0 Å². The van der Waals surface area contributed by atoms with Crippen molar-refractivity contribution in [2.75, 3.05) is 19.6 Å². The Morgan fingerprint density at radius 3 is 2.11 bits per heavy atom. The predicted molar refractivity (Wildman–Crippen MR) is 162 cm³/mol. The summed E-state index contributed by atoms with van der Waals surface area (Å²) in [5.41, 5.74) is 3.94. The molecule has 36 heavy (non-hydrogen) atoms. The first-order chi connectivity index (χ1) is 17.5. The molecule has 2 aliphatic heterocycles. The van der Waals surface area contributed by atoms with E-state index in [1.165, 1.54) is 17.6 Å². The molecule has 0 saturated carbocycles. The van der Waals surface area contributed by atoms with Gasteiger partial charge in [-0.2, -0.15) is 0 Å². The summed E-state index contributed by atoms with van der Waals surface area (Å²) < 4.78 is 0. The SMILES string of the molecule is C/C=C\C1=C(C)CC2CN(CCc3ccccc3)CCC2N1C(=O)CCC.CC.CC.CC.CCC. The number of fused-ring (bicyclic) bond motifs is 1. The van der Waals surface area contributed by atoms with Crippen molar-refractivity contribution in [3.63, 3.8) is 0 Å². The fraction of sp³-hybridized carbons (Fsp3) is 0.667. The molecule has 1 saturated heterocycles. The van der Waals surface area contributed by atoms with Crippen LogP contribution < -0.4 is 0 Å². The summed E-state index contributed by atoms with van der Waals surface area (Å²) >= 11 is 0. The number of carbonyl (C=O) groups excluding carboxylic acids is 1. The van der Waals surface area contributed by atoms with Crippen molar-refractivity contribution in [1.82, 2.24) is 9.80 Å². The first-order valence-electron chi connectivity index (χ1n) is 15.0. The third-order valence-electron chi connectivity index (χ3n) is 5.99. The Hall–Kier alpha value is -1.87. The zero-order chi connectivity index (χ0) is 27.9. The number of rotatable bonds is 6. The van der Waals surface area contributed by atoms with Crippen LogP contribution in [0.5, 0.6) is 0 Å². The van der Waals surface area contributed by atoms with E-state index in [4.69, 9.17) is 0 Å². The van der Waals surface area contributed by atoms with Crippen LogP contribution in [-0.4, -0.2) is 41.4 Å². The minimum atomic E-state index is 0.303. The molecule has 2 unspecified atom stereocenters. The molecule has 0 aromatic heterocycles. The van der Waals surface area contributed by atoms with E-state index < -0.39 is 0 Å². The highest BCUT2D eigenvalue weighted by Gasteiger charge is 2.40. The van der Waals surface area contributed by atoms with Crippen LogP contribution in [0, 0.1) is 5.92 Å². The second-order valence-corrected chi connectivity index (χ2v) is 8.74. The van der Waals surface area contributed by atoms with Gasteiger partial charge in [0.2, 0.25) is 5.91 Å². The third-order valence-corrected chi connectivity index (χ3v) is 5.99. The van der Waals surface area contributed by atoms with Crippen LogP contribution in [0.25, 0.3) is 0 Å². The number of likely N-dealkylation sites (tertiary alicyclic amines) is 1. The highest BCUT2D eigenvalue weighted by molar-refractivity contribution is 5.79. The van der Waals surface area contributed by atoms with Gasteiger partial charge in [0.1, 0.15) is 0 Å². The van der Waals surface area contributed by atoms with Crippen LogP contribution >= 0.6 is 0 Å². The minimum absolute atomic E-state index is 0.303. The average Bonchev–Trinajstić information content (AvgIpc) is 2.92. The third kappa shape index (κ3) is 12.4. The van der Waals surface area contributed by atoms with Crippen molar-refractivity contribution in [3.05, 3.63) is 59.3 Å². The maximum absolute atomic E-state index is 12.9. The summed E-state index contributed by atoms with van der Waals surface area (Å²) in [6, 6.07) is 11.1. The van der Waals surface area contributed by atoms with Crippen LogP contribution in [0.1, 0.15) is 114 Å². The van der Waals surface area contributed by atoms with E-state index in [9.17, 15) is 4.79 Å². The van der Waals surface area contributed by atoms with E-state index >= 15 is 0 Å². The van der Waals surface area contributed by atoms with Gasteiger partial charge < -0.3 is 9.80 Å². The molecule has 208 valence electrons. The fourth-order valence-corrected chi connectivity index (χ4v) is 4.69. The molecule has 0 bridgehead atoms. The average molecular weight is 501 g/mol. The van der Waals surface area contributed by atoms with E-state index in [1.54, 1.807) is 0 Å². The summed E-state index contributed by atoms with van der Waals surface area (Å²) in [6.45, 7) is 25.9. The number of amides is 1. The second kappa shape index (κ2) is 23.5. The summed E-state index contributed by atoms with van der Waals surface area (Å²) in [6.07, 6.45) is 10.3. The van der Waals surface area contributed by atoms with E-state index in [2.05, 4.69) is 80.0 Å². The number of carbonyl (C=O) groups is 1. The largest absolute Gasteiger partial charge is 0.309 e. The Balaban J connectivity index is 0. The Bertz CT molecular complexity index is 708. The quantitative estimate of drug-likeness (QED) is 0.388. The standard InChI is InChI=1S/C24H34N2O.C3H8.3C2H6/c1-4-9-22-19(3)17-21-18-25(15-13-20-11-7-6-8-12-20)16-14-23(21)26(22)24(27)10-5-2;1-3-2;3*1-2/h4,6-9,11-12,21,23H,5,10,13-18H2,1-3H3;3H2,1-2H3;3*1-2H3/b9-4-;;;;.